The first-order chi connectivity index (χ1) is 13.5. The van der Waals surface area contributed by atoms with Gasteiger partial charge >= 0.3 is 0 Å². The molecule has 1 aliphatic heterocycles. The van der Waals surface area contributed by atoms with Gasteiger partial charge in [-0.15, -0.1) is 0 Å². The Morgan fingerprint density at radius 3 is 2.57 bits per heavy atom. The molecule has 3 heterocycles. The lowest BCUT2D eigenvalue weighted by Gasteiger charge is -2.38. The number of nitrogens with zero attached hydrogens (tertiary/aromatic N) is 5. The number of rotatable bonds is 3. The van der Waals surface area contributed by atoms with Gasteiger partial charge in [-0.25, -0.2) is 9.50 Å². The number of carbonyl (C=O) groups excluding carboxylic acids is 1. The van der Waals surface area contributed by atoms with E-state index in [0.29, 0.717) is 24.3 Å². The maximum atomic E-state index is 13.1. The third-order valence-electron chi connectivity index (χ3n) is 5.51. The molecule has 0 saturated carbocycles. The van der Waals surface area contributed by atoms with Crippen molar-refractivity contribution < 1.29 is 4.79 Å². The summed E-state index contributed by atoms with van der Waals surface area (Å²) >= 11 is 6.36. The van der Waals surface area contributed by atoms with Gasteiger partial charge in [-0.2, -0.15) is 5.10 Å². The fraction of sp³-hybridized carbons (Fsp3) is 0.381. The van der Waals surface area contributed by atoms with Crippen LogP contribution in [-0.2, 0) is 0 Å². The minimum absolute atomic E-state index is 0.00227. The predicted octanol–water partition coefficient (Wildman–Crippen LogP) is 3.52. The third-order valence-corrected chi connectivity index (χ3v) is 5.86. The van der Waals surface area contributed by atoms with Gasteiger partial charge in [0.2, 0.25) is 0 Å². The van der Waals surface area contributed by atoms with E-state index in [9.17, 15) is 4.79 Å². The summed E-state index contributed by atoms with van der Waals surface area (Å²) < 4.78 is 1.73. The largest absolute Gasteiger partial charge is 0.336 e. The molecule has 0 aliphatic carbocycles. The molecule has 0 bridgehead atoms. The molecule has 0 radical (unpaired) electrons. The summed E-state index contributed by atoms with van der Waals surface area (Å²) in [6.45, 7) is 9.04. The Kier molecular flexibility index (Phi) is 5.08. The van der Waals surface area contributed by atoms with Gasteiger partial charge in [0.15, 0.2) is 5.65 Å². The van der Waals surface area contributed by atoms with Crippen LogP contribution in [0, 0.1) is 13.8 Å². The first kappa shape index (κ1) is 18.9. The zero-order valence-electron chi connectivity index (χ0n) is 16.4. The summed E-state index contributed by atoms with van der Waals surface area (Å²) in [5, 5.41) is 5.14. The number of benzene rings is 1. The van der Waals surface area contributed by atoms with E-state index in [1.54, 1.807) is 10.7 Å². The molecule has 4 rings (SSSR count). The van der Waals surface area contributed by atoms with Gasteiger partial charge in [-0.1, -0.05) is 29.8 Å². The monoisotopic (exact) mass is 397 g/mol. The molecule has 3 aromatic rings. The first-order valence-corrected chi connectivity index (χ1v) is 9.93. The third kappa shape index (κ3) is 3.38. The van der Waals surface area contributed by atoms with Crippen molar-refractivity contribution in [3.05, 3.63) is 64.1 Å². The maximum Gasteiger partial charge on any atom is 0.259 e. The number of hydrogen-bond acceptors (Lipinski definition) is 4. The van der Waals surface area contributed by atoms with E-state index in [1.807, 2.05) is 43.0 Å². The fourth-order valence-electron chi connectivity index (χ4n) is 3.91. The standard InChI is InChI=1S/C21H24ClN5O/c1-14-12-15(2)27-20(24-14)18(13-23-27)21(28)26-10-8-25(9-11-26)16(3)17-6-4-5-7-19(17)22/h4-7,12-13,16H,8-11H2,1-3H3/t16-/m1/s1. The Labute approximate surface area is 169 Å². The zero-order chi connectivity index (χ0) is 19.8. The molecule has 1 fully saturated rings. The average molecular weight is 398 g/mol. The lowest BCUT2D eigenvalue weighted by molar-refractivity contribution is 0.0583. The molecule has 6 nitrogen and oxygen atoms in total. The Bertz CT molecular complexity index is 1020. The van der Waals surface area contributed by atoms with E-state index in [4.69, 9.17) is 11.6 Å². The summed E-state index contributed by atoms with van der Waals surface area (Å²) in [6, 6.07) is 10.1. The van der Waals surface area contributed by atoms with Crippen LogP contribution in [0.1, 0.15) is 40.3 Å². The highest BCUT2D eigenvalue weighted by Gasteiger charge is 2.28. The van der Waals surface area contributed by atoms with E-state index >= 15 is 0 Å². The number of amides is 1. The smallest absolute Gasteiger partial charge is 0.259 e. The summed E-state index contributed by atoms with van der Waals surface area (Å²) in [6.07, 6.45) is 1.63. The van der Waals surface area contributed by atoms with Crippen molar-refractivity contribution in [3.63, 3.8) is 0 Å². The number of aryl methyl sites for hydroxylation is 2. The molecule has 0 unspecified atom stereocenters. The molecule has 146 valence electrons. The second-order valence-corrected chi connectivity index (χ2v) is 7.77. The molecule has 2 aromatic heterocycles. The Hall–Kier alpha value is -2.44. The Morgan fingerprint density at radius 2 is 1.86 bits per heavy atom. The van der Waals surface area contributed by atoms with Crippen molar-refractivity contribution in [1.82, 2.24) is 24.4 Å². The van der Waals surface area contributed by atoms with Crippen molar-refractivity contribution in [2.24, 2.45) is 0 Å². The van der Waals surface area contributed by atoms with E-state index in [-0.39, 0.29) is 11.9 Å². The molecule has 28 heavy (non-hydrogen) atoms. The normalized spacial score (nSPS) is 16.5. The van der Waals surface area contributed by atoms with Crippen LogP contribution in [-0.4, -0.2) is 56.5 Å². The average Bonchev–Trinajstić information content (AvgIpc) is 3.11. The minimum Gasteiger partial charge on any atom is -0.336 e. The van der Waals surface area contributed by atoms with Crippen molar-refractivity contribution in [2.75, 3.05) is 26.2 Å². The van der Waals surface area contributed by atoms with Gasteiger partial charge in [-0.05, 0) is 38.5 Å². The van der Waals surface area contributed by atoms with Crippen molar-refractivity contribution in [3.8, 4) is 0 Å². The highest BCUT2D eigenvalue weighted by molar-refractivity contribution is 6.31. The van der Waals surface area contributed by atoms with Gasteiger partial charge in [0.1, 0.15) is 5.56 Å². The molecular formula is C21H24ClN5O. The second kappa shape index (κ2) is 7.53. The molecule has 1 aromatic carbocycles. The van der Waals surface area contributed by atoms with Crippen LogP contribution in [0.15, 0.2) is 36.5 Å². The lowest BCUT2D eigenvalue weighted by atomic mass is 10.1. The van der Waals surface area contributed by atoms with Crippen LogP contribution in [0.4, 0.5) is 0 Å². The van der Waals surface area contributed by atoms with Crippen LogP contribution in [0.25, 0.3) is 5.65 Å². The molecule has 7 heteroatoms. The highest BCUT2D eigenvalue weighted by atomic mass is 35.5. The quantitative estimate of drug-likeness (QED) is 0.678. The molecule has 0 spiro atoms. The number of carbonyl (C=O) groups is 1. The molecule has 0 N–H and O–H groups in total. The highest BCUT2D eigenvalue weighted by Crippen LogP contribution is 2.28. The van der Waals surface area contributed by atoms with Crippen molar-refractivity contribution >= 4 is 23.2 Å². The fourth-order valence-corrected chi connectivity index (χ4v) is 4.21. The maximum absolute atomic E-state index is 13.1. The minimum atomic E-state index is -0.00227. The summed E-state index contributed by atoms with van der Waals surface area (Å²) in [5.41, 5.74) is 4.19. The van der Waals surface area contributed by atoms with E-state index in [2.05, 4.69) is 28.0 Å². The molecule has 1 saturated heterocycles. The summed E-state index contributed by atoms with van der Waals surface area (Å²) in [7, 11) is 0. The van der Waals surface area contributed by atoms with Crippen LogP contribution in [0.3, 0.4) is 0 Å². The van der Waals surface area contributed by atoms with Crippen LogP contribution < -0.4 is 0 Å². The molecule has 1 atom stereocenters. The molecular weight excluding hydrogens is 374 g/mol. The number of halogens is 1. The van der Waals surface area contributed by atoms with Gasteiger partial charge in [0.05, 0.1) is 6.20 Å². The van der Waals surface area contributed by atoms with Gasteiger partial charge < -0.3 is 4.90 Å². The van der Waals surface area contributed by atoms with Crippen molar-refractivity contribution in [1.29, 1.82) is 0 Å². The van der Waals surface area contributed by atoms with Gasteiger partial charge in [0.25, 0.3) is 5.91 Å². The van der Waals surface area contributed by atoms with E-state index < -0.39 is 0 Å². The topological polar surface area (TPSA) is 53.7 Å². The van der Waals surface area contributed by atoms with Crippen LogP contribution in [0.5, 0.6) is 0 Å². The first-order valence-electron chi connectivity index (χ1n) is 9.55. The number of hydrogen-bond donors (Lipinski definition) is 0. The molecule has 1 amide bonds. The lowest BCUT2D eigenvalue weighted by Crippen LogP contribution is -2.49. The number of aromatic nitrogens is 3. The van der Waals surface area contributed by atoms with Crippen molar-refractivity contribution in [2.45, 2.75) is 26.8 Å². The van der Waals surface area contributed by atoms with Crippen LogP contribution >= 0.6 is 11.6 Å². The summed E-state index contributed by atoms with van der Waals surface area (Å²) in [5.74, 6) is -0.00227. The predicted molar refractivity (Wildman–Crippen MR) is 110 cm³/mol. The Balaban J connectivity index is 1.48. The van der Waals surface area contributed by atoms with Gasteiger partial charge in [-0.3, -0.25) is 9.69 Å². The zero-order valence-corrected chi connectivity index (χ0v) is 17.1. The van der Waals surface area contributed by atoms with Gasteiger partial charge in [0, 0.05) is 48.6 Å². The number of fused-ring (bicyclic) bond motifs is 1. The SMILES string of the molecule is Cc1cc(C)n2ncc(C(=O)N3CCN([C@H](C)c4ccccc4Cl)CC3)c2n1. The van der Waals surface area contributed by atoms with E-state index in [1.165, 1.54) is 0 Å². The van der Waals surface area contributed by atoms with E-state index in [0.717, 1.165) is 35.1 Å². The molecule has 1 aliphatic rings. The Morgan fingerprint density at radius 1 is 1.14 bits per heavy atom. The number of piperazine rings is 1. The summed E-state index contributed by atoms with van der Waals surface area (Å²) in [4.78, 5) is 21.9. The van der Waals surface area contributed by atoms with Crippen LogP contribution in [0.2, 0.25) is 5.02 Å². The second-order valence-electron chi connectivity index (χ2n) is 7.36.